The first-order valence-electron chi connectivity index (χ1n) is 8.83. The molecule has 0 spiro atoms. The van der Waals surface area contributed by atoms with Crippen molar-refractivity contribution in [2.75, 3.05) is 4.90 Å². The zero-order valence-electron chi connectivity index (χ0n) is 14.7. The van der Waals surface area contributed by atoms with Crippen LogP contribution in [0.3, 0.4) is 0 Å². The molecule has 0 saturated heterocycles. The van der Waals surface area contributed by atoms with Crippen molar-refractivity contribution in [1.29, 1.82) is 0 Å². The summed E-state index contributed by atoms with van der Waals surface area (Å²) in [5.41, 5.74) is 1.99. The number of nitrogens with zero attached hydrogens (tertiary/aromatic N) is 1. The van der Waals surface area contributed by atoms with Crippen molar-refractivity contribution in [3.63, 3.8) is 0 Å². The fourth-order valence-corrected chi connectivity index (χ4v) is 3.34. The highest BCUT2D eigenvalue weighted by Gasteiger charge is 2.32. The topological polar surface area (TPSA) is 62.6 Å². The first kappa shape index (κ1) is 17.3. The minimum atomic E-state index is -0.511. The second-order valence-corrected chi connectivity index (χ2v) is 6.40. The number of carbonyl (C=O) groups excluding carboxylic acids is 2. The van der Waals surface area contributed by atoms with Crippen molar-refractivity contribution < 1.29 is 14.0 Å². The third kappa shape index (κ3) is 3.76. The van der Waals surface area contributed by atoms with E-state index in [1.807, 2.05) is 50.2 Å². The van der Waals surface area contributed by atoms with Crippen LogP contribution in [-0.4, -0.2) is 17.9 Å². The zero-order valence-corrected chi connectivity index (χ0v) is 14.7. The number of carbonyl (C=O) groups is 2. The minimum absolute atomic E-state index is 0.0146. The summed E-state index contributed by atoms with van der Waals surface area (Å²) in [5.74, 6) is 1.39. The average Bonchev–Trinajstić information content (AvgIpc) is 2.95. The monoisotopic (exact) mass is 340 g/mol. The lowest BCUT2D eigenvalue weighted by Gasteiger charge is -2.30. The van der Waals surface area contributed by atoms with Gasteiger partial charge in [0.25, 0.3) is 0 Å². The zero-order chi connectivity index (χ0) is 17.8. The van der Waals surface area contributed by atoms with Crippen molar-refractivity contribution in [3.8, 4) is 0 Å². The second-order valence-electron chi connectivity index (χ2n) is 6.40. The third-order valence-corrected chi connectivity index (χ3v) is 4.59. The summed E-state index contributed by atoms with van der Waals surface area (Å²) in [4.78, 5) is 27.1. The van der Waals surface area contributed by atoms with Crippen LogP contribution in [0.4, 0.5) is 5.69 Å². The Labute approximate surface area is 148 Å². The molecule has 1 atom stereocenters. The van der Waals surface area contributed by atoms with Crippen molar-refractivity contribution in [1.82, 2.24) is 5.32 Å². The van der Waals surface area contributed by atoms with Crippen molar-refractivity contribution in [2.45, 2.75) is 52.1 Å². The summed E-state index contributed by atoms with van der Waals surface area (Å²) in [6, 6.07) is 11.1. The van der Waals surface area contributed by atoms with E-state index in [0.717, 1.165) is 29.9 Å². The number of benzene rings is 1. The van der Waals surface area contributed by atoms with Crippen LogP contribution in [0.15, 0.2) is 40.8 Å². The lowest BCUT2D eigenvalue weighted by Crippen LogP contribution is -2.49. The molecule has 0 saturated carbocycles. The number of fused-ring (bicyclic) bond motifs is 1. The molecule has 1 N–H and O–H groups in total. The normalized spacial score (nSPS) is 15.4. The van der Waals surface area contributed by atoms with Crippen molar-refractivity contribution in [3.05, 3.63) is 53.5 Å². The van der Waals surface area contributed by atoms with Gasteiger partial charge >= 0.3 is 0 Å². The van der Waals surface area contributed by atoms with Gasteiger partial charge in [0.1, 0.15) is 17.6 Å². The fourth-order valence-electron chi connectivity index (χ4n) is 3.34. The maximum atomic E-state index is 12.8. The van der Waals surface area contributed by atoms with Crippen LogP contribution in [-0.2, 0) is 22.6 Å². The van der Waals surface area contributed by atoms with E-state index >= 15 is 0 Å². The number of rotatable bonds is 5. The van der Waals surface area contributed by atoms with Crippen LogP contribution in [0.2, 0.25) is 0 Å². The second kappa shape index (κ2) is 7.55. The van der Waals surface area contributed by atoms with Gasteiger partial charge < -0.3 is 9.73 Å². The lowest BCUT2D eigenvalue weighted by molar-refractivity contribution is -0.126. The molecule has 1 aliphatic rings. The number of nitrogens with one attached hydrogen (secondary N) is 1. The van der Waals surface area contributed by atoms with E-state index in [-0.39, 0.29) is 11.8 Å². The van der Waals surface area contributed by atoms with E-state index in [0.29, 0.717) is 25.1 Å². The minimum Gasteiger partial charge on any atom is -0.465 e. The van der Waals surface area contributed by atoms with E-state index < -0.39 is 6.04 Å². The molecule has 2 amide bonds. The summed E-state index contributed by atoms with van der Waals surface area (Å²) < 4.78 is 5.49. The first-order valence-corrected chi connectivity index (χ1v) is 8.83. The van der Waals surface area contributed by atoms with Gasteiger partial charge in [0, 0.05) is 12.1 Å². The molecule has 5 heteroatoms. The largest absolute Gasteiger partial charge is 0.465 e. The Morgan fingerprint density at radius 3 is 2.76 bits per heavy atom. The first-order chi connectivity index (χ1) is 12.1. The predicted octanol–water partition coefficient (Wildman–Crippen LogP) is 3.35. The Morgan fingerprint density at radius 1 is 1.24 bits per heavy atom. The molecule has 1 aromatic carbocycles. The molecule has 132 valence electrons. The molecule has 5 nitrogen and oxygen atoms in total. The molecular formula is C20H24N2O3. The Bertz CT molecular complexity index is 766. The lowest BCUT2D eigenvalue weighted by atomic mass is 10.1. The molecule has 3 rings (SSSR count). The van der Waals surface area contributed by atoms with Gasteiger partial charge in [-0.15, -0.1) is 0 Å². The Kier molecular flexibility index (Phi) is 5.22. The van der Waals surface area contributed by atoms with E-state index in [4.69, 9.17) is 4.42 Å². The van der Waals surface area contributed by atoms with Crippen LogP contribution >= 0.6 is 0 Å². The molecule has 2 heterocycles. The highest BCUT2D eigenvalue weighted by atomic mass is 16.3. The maximum Gasteiger partial charge on any atom is 0.243 e. The summed E-state index contributed by atoms with van der Waals surface area (Å²) >= 11 is 0. The molecular weight excluding hydrogens is 316 g/mol. The van der Waals surface area contributed by atoms with Gasteiger partial charge in [0.15, 0.2) is 0 Å². The van der Waals surface area contributed by atoms with Crippen LogP contribution in [0.1, 0.15) is 43.3 Å². The van der Waals surface area contributed by atoms with Crippen LogP contribution in [0.25, 0.3) is 0 Å². The van der Waals surface area contributed by atoms with Gasteiger partial charge in [-0.25, -0.2) is 0 Å². The van der Waals surface area contributed by atoms with Crippen LogP contribution in [0.5, 0.6) is 0 Å². The number of hydrogen-bond donors (Lipinski definition) is 1. The van der Waals surface area contributed by atoms with Gasteiger partial charge in [0.2, 0.25) is 11.8 Å². The molecule has 1 aliphatic heterocycles. The predicted molar refractivity (Wildman–Crippen MR) is 96.2 cm³/mol. The number of aryl methyl sites for hydroxylation is 2. The quantitative estimate of drug-likeness (QED) is 0.908. The van der Waals surface area contributed by atoms with Gasteiger partial charge in [0.05, 0.1) is 6.54 Å². The standard InChI is InChI=1S/C20H24N2O3/c1-3-17(20(24)21-13-16-12-11-14(2)25-16)22-18-9-5-4-7-15(18)8-6-10-19(22)23/h4-5,7,9,11-12,17H,3,6,8,10,13H2,1-2H3,(H,21,24). The van der Waals surface area contributed by atoms with E-state index in [1.54, 1.807) is 4.90 Å². The van der Waals surface area contributed by atoms with E-state index in [1.165, 1.54) is 0 Å². The Hall–Kier alpha value is -2.56. The van der Waals surface area contributed by atoms with Crippen molar-refractivity contribution in [2.24, 2.45) is 0 Å². The van der Waals surface area contributed by atoms with E-state index in [9.17, 15) is 9.59 Å². The summed E-state index contributed by atoms with van der Waals surface area (Å²) in [6.07, 6.45) is 2.71. The SMILES string of the molecule is CCC(C(=O)NCc1ccc(C)o1)N1C(=O)CCCc2ccccc21. The summed E-state index contributed by atoms with van der Waals surface area (Å²) in [6.45, 7) is 4.13. The van der Waals surface area contributed by atoms with Crippen LogP contribution in [0, 0.1) is 6.92 Å². The fraction of sp³-hybridized carbons (Fsp3) is 0.400. The highest BCUT2D eigenvalue weighted by Crippen LogP contribution is 2.29. The molecule has 0 radical (unpaired) electrons. The average molecular weight is 340 g/mol. The van der Waals surface area contributed by atoms with E-state index in [2.05, 4.69) is 5.32 Å². The highest BCUT2D eigenvalue weighted by molar-refractivity contribution is 6.01. The summed E-state index contributed by atoms with van der Waals surface area (Å²) in [7, 11) is 0. The van der Waals surface area contributed by atoms with Gasteiger partial charge in [-0.1, -0.05) is 25.1 Å². The molecule has 1 unspecified atom stereocenters. The third-order valence-electron chi connectivity index (χ3n) is 4.59. The molecule has 25 heavy (non-hydrogen) atoms. The number of anilines is 1. The maximum absolute atomic E-state index is 12.8. The molecule has 1 aromatic heterocycles. The van der Waals surface area contributed by atoms with Crippen molar-refractivity contribution >= 4 is 17.5 Å². The van der Waals surface area contributed by atoms with Crippen LogP contribution < -0.4 is 10.2 Å². The molecule has 0 bridgehead atoms. The molecule has 0 fully saturated rings. The van der Waals surface area contributed by atoms with Gasteiger partial charge in [-0.2, -0.15) is 0 Å². The Morgan fingerprint density at radius 2 is 2.04 bits per heavy atom. The molecule has 0 aliphatic carbocycles. The summed E-state index contributed by atoms with van der Waals surface area (Å²) in [5, 5.41) is 2.91. The van der Waals surface area contributed by atoms with Gasteiger partial charge in [-0.05, 0) is 49.9 Å². The van der Waals surface area contributed by atoms with Gasteiger partial charge in [-0.3, -0.25) is 14.5 Å². The number of hydrogen-bond acceptors (Lipinski definition) is 3. The number of para-hydroxylation sites is 1. The molecule has 2 aromatic rings. The number of amides is 2. The smallest absolute Gasteiger partial charge is 0.243 e. The number of furan rings is 1. The Balaban J connectivity index is 1.80.